The molecule has 0 unspecified atom stereocenters. The van der Waals surface area contributed by atoms with Crippen LogP contribution in [0.5, 0.6) is 0 Å². The Morgan fingerprint density at radius 1 is 1.02 bits per heavy atom. The number of nitrogens with zero attached hydrogens (tertiary/aromatic N) is 2. The van der Waals surface area contributed by atoms with Gasteiger partial charge in [-0.05, 0) is 72.7 Å². The highest BCUT2D eigenvalue weighted by molar-refractivity contribution is 5.72. The maximum absolute atomic E-state index is 13.3. The van der Waals surface area contributed by atoms with Crippen molar-refractivity contribution < 1.29 is 72.4 Å². The Labute approximate surface area is 383 Å². The molecule has 16 atom stereocenters. The number of hydrogen-bond acceptors (Lipinski definition) is 18. The van der Waals surface area contributed by atoms with E-state index in [9.17, 15) is 34.5 Å². The Balaban J connectivity index is 0.00000126. The minimum atomic E-state index is -1.49. The highest BCUT2D eigenvalue weighted by Crippen LogP contribution is 2.38. The van der Waals surface area contributed by atoms with Crippen LogP contribution in [0.15, 0.2) is 36.6 Å². The van der Waals surface area contributed by atoms with Crippen molar-refractivity contribution in [1.29, 1.82) is 0 Å². The van der Waals surface area contributed by atoms with E-state index in [4.69, 9.17) is 43.6 Å². The number of H-pyrrole nitrogens is 1. The quantitative estimate of drug-likeness (QED) is 0.102. The number of rotatable bonds is 14. The summed E-state index contributed by atoms with van der Waals surface area (Å²) < 4.78 is 48.5. The van der Waals surface area contributed by atoms with Crippen LogP contribution in [0.2, 0.25) is 0 Å². The number of aliphatic hydroxyl groups excluding tert-OH is 2. The molecule has 4 heterocycles. The Bertz CT molecular complexity index is 1640. The third-order valence-corrected chi connectivity index (χ3v) is 11.9. The van der Waals surface area contributed by atoms with Gasteiger partial charge >= 0.3 is 17.9 Å². The maximum atomic E-state index is 13.3. The van der Waals surface area contributed by atoms with Crippen LogP contribution in [-0.2, 0) is 63.5 Å². The molecule has 370 valence electrons. The number of allylic oxidation sites excluding steroid dienone is 2. The lowest BCUT2D eigenvalue weighted by molar-refractivity contribution is -0.344. The molecule has 0 radical (unpaired) electrons. The van der Waals surface area contributed by atoms with Gasteiger partial charge in [0.1, 0.15) is 42.4 Å². The van der Waals surface area contributed by atoms with Crippen molar-refractivity contribution >= 4 is 24.2 Å². The average Bonchev–Trinajstić information content (AvgIpc) is 3.76. The largest absolute Gasteiger partial charge is 0.462 e. The first-order valence-corrected chi connectivity index (χ1v) is 22.7. The summed E-state index contributed by atoms with van der Waals surface area (Å²) in [6.45, 7) is 12.5. The summed E-state index contributed by atoms with van der Waals surface area (Å²) in [5.74, 6) is -2.82. The van der Waals surface area contributed by atoms with E-state index in [1.807, 2.05) is 19.1 Å². The smallest absolute Gasteiger partial charge is 0.309 e. The number of likely N-dealkylation sites (N-methyl/N-ethyl adjacent to an activating group) is 1. The Kier molecular flexibility index (Phi) is 23.3. The summed E-state index contributed by atoms with van der Waals surface area (Å²) in [5, 5.41) is 41.1. The molecule has 0 spiro atoms. The van der Waals surface area contributed by atoms with Crippen molar-refractivity contribution in [2.24, 2.45) is 17.6 Å². The van der Waals surface area contributed by atoms with Gasteiger partial charge in [-0.1, -0.05) is 45.1 Å². The van der Waals surface area contributed by atoms with Gasteiger partial charge in [-0.15, -0.1) is 0 Å². The van der Waals surface area contributed by atoms with E-state index >= 15 is 0 Å². The van der Waals surface area contributed by atoms with Crippen molar-refractivity contribution in [1.82, 2.24) is 15.1 Å². The fourth-order valence-electron chi connectivity index (χ4n) is 8.40. The zero-order valence-electron chi connectivity index (χ0n) is 39.8. The van der Waals surface area contributed by atoms with Crippen LogP contribution in [0.4, 0.5) is 0 Å². The lowest BCUT2D eigenvalue weighted by Gasteiger charge is -2.50. The van der Waals surface area contributed by atoms with Crippen LogP contribution in [0.3, 0.4) is 0 Å². The van der Waals surface area contributed by atoms with Gasteiger partial charge in [0.05, 0.1) is 36.9 Å². The Hall–Kier alpha value is -3.63. The molecule has 3 aliphatic heterocycles. The van der Waals surface area contributed by atoms with Gasteiger partial charge in [-0.3, -0.25) is 19.5 Å². The number of methoxy groups -OCH3 is 1. The molecular weight excluding hydrogens is 849 g/mol. The Morgan fingerprint density at radius 3 is 2.29 bits per heavy atom. The molecule has 1 aromatic rings. The molecular formula is C46H76N4O15. The molecule has 65 heavy (non-hydrogen) atoms. The zero-order valence-corrected chi connectivity index (χ0v) is 39.8. The number of aromatic amines is 1. The van der Waals surface area contributed by atoms with Crippen LogP contribution >= 0.6 is 0 Å². The molecule has 19 heteroatoms. The number of nitrogens with one attached hydrogen (secondary N) is 1. The zero-order chi connectivity index (χ0) is 48.4. The lowest BCUT2D eigenvalue weighted by atomic mass is 9.82. The second kappa shape index (κ2) is 27.2. The first-order chi connectivity index (χ1) is 30.8. The van der Waals surface area contributed by atoms with E-state index in [0.29, 0.717) is 19.3 Å². The van der Waals surface area contributed by atoms with Crippen molar-refractivity contribution in [2.75, 3.05) is 27.7 Å². The maximum Gasteiger partial charge on any atom is 0.309 e. The monoisotopic (exact) mass is 925 g/mol. The third kappa shape index (κ3) is 16.9. The highest BCUT2D eigenvalue weighted by atomic mass is 16.7. The molecule has 0 saturated carbocycles. The van der Waals surface area contributed by atoms with Crippen molar-refractivity contribution in [3.8, 4) is 0 Å². The second-order valence-electron chi connectivity index (χ2n) is 17.6. The number of nitrogens with two attached hydrogens (primary N) is 1. The molecule has 0 aliphatic carbocycles. The van der Waals surface area contributed by atoms with E-state index < -0.39 is 121 Å². The number of carbonyl (C=O) groups is 4. The van der Waals surface area contributed by atoms with Crippen molar-refractivity contribution in [3.05, 3.63) is 42.3 Å². The van der Waals surface area contributed by atoms with Crippen LogP contribution < -0.4 is 5.73 Å². The lowest BCUT2D eigenvalue weighted by Crippen LogP contribution is -2.66. The minimum absolute atomic E-state index is 0.000633. The van der Waals surface area contributed by atoms with E-state index in [0.717, 1.165) is 12.1 Å². The molecule has 0 amide bonds. The van der Waals surface area contributed by atoms with Gasteiger partial charge in [0.15, 0.2) is 18.7 Å². The summed E-state index contributed by atoms with van der Waals surface area (Å²) in [4.78, 5) is 52.3. The first kappa shape index (κ1) is 55.7. The predicted molar refractivity (Wildman–Crippen MR) is 237 cm³/mol. The Morgan fingerprint density at radius 2 is 1.71 bits per heavy atom. The number of aromatic nitrogens is 2. The summed E-state index contributed by atoms with van der Waals surface area (Å²) in [5.41, 5.74) is 4.89. The second-order valence-corrected chi connectivity index (χ2v) is 17.6. The number of esters is 3. The SMILES string of the molecule is CCC(=O)O[C@@H]1CC(=O)O[C@H](C)C/C=C/C=C/[C@H](O)[C@H](C)C[C@H](CC=O)[C@H](O[C@@H]2O[C@H](C)[C@@H](O[C@H]3C[C@@](C)(O)[C@@H](OC(=O)CC)[C@H](C)O3)[C@H](N(C)C)[C@H]2O)[C@H]1OC.NCCc1ccn[nH]1. The number of ether oxygens (including phenoxy) is 8. The molecule has 2 fully saturated rings. The van der Waals surface area contributed by atoms with E-state index in [1.165, 1.54) is 7.11 Å². The highest BCUT2D eigenvalue weighted by Gasteiger charge is 2.53. The van der Waals surface area contributed by atoms with Crippen LogP contribution in [-0.4, -0.2) is 168 Å². The molecule has 6 N–H and O–H groups in total. The van der Waals surface area contributed by atoms with Crippen molar-refractivity contribution in [3.63, 3.8) is 0 Å². The number of aldehydes is 1. The van der Waals surface area contributed by atoms with Gasteiger partial charge in [-0.2, -0.15) is 5.10 Å². The fraction of sp³-hybridized carbons (Fsp3) is 0.761. The number of hydrogen-bond donors (Lipinski definition) is 5. The van der Waals surface area contributed by atoms with Gasteiger partial charge in [0.2, 0.25) is 0 Å². The predicted octanol–water partition coefficient (Wildman–Crippen LogP) is 2.68. The topological polar surface area (TPSA) is 261 Å². The van der Waals surface area contributed by atoms with Crippen molar-refractivity contribution in [2.45, 2.75) is 185 Å². The van der Waals surface area contributed by atoms with Gasteiger partial charge in [-0.25, -0.2) is 0 Å². The van der Waals surface area contributed by atoms with Crippen LogP contribution in [0, 0.1) is 11.8 Å². The number of carbonyl (C=O) groups excluding carboxylic acids is 4. The normalized spacial score (nSPS) is 37.2. The summed E-state index contributed by atoms with van der Waals surface area (Å²) >= 11 is 0. The minimum Gasteiger partial charge on any atom is -0.462 e. The summed E-state index contributed by atoms with van der Waals surface area (Å²) in [6, 6.07) is 1.14. The van der Waals surface area contributed by atoms with Gasteiger partial charge in [0.25, 0.3) is 0 Å². The number of aliphatic hydroxyl groups is 3. The summed E-state index contributed by atoms with van der Waals surface area (Å²) in [7, 11) is 4.86. The molecule has 4 rings (SSSR count). The van der Waals surface area contributed by atoms with E-state index in [-0.39, 0.29) is 32.1 Å². The first-order valence-electron chi connectivity index (χ1n) is 22.7. The van der Waals surface area contributed by atoms with Gasteiger partial charge < -0.3 is 68.6 Å². The summed E-state index contributed by atoms with van der Waals surface area (Å²) in [6.07, 6.45) is -1.46. The molecule has 19 nitrogen and oxygen atoms in total. The molecule has 2 saturated heterocycles. The molecule has 0 bridgehead atoms. The van der Waals surface area contributed by atoms with Crippen LogP contribution in [0.1, 0.15) is 99.1 Å². The number of cyclic esters (lactones) is 1. The molecule has 0 aromatic carbocycles. The van der Waals surface area contributed by atoms with Crippen LogP contribution in [0.25, 0.3) is 0 Å². The fourth-order valence-corrected chi connectivity index (χ4v) is 8.40. The third-order valence-electron chi connectivity index (χ3n) is 11.9. The molecule has 3 aliphatic rings. The van der Waals surface area contributed by atoms with E-state index in [1.54, 1.807) is 85.0 Å². The standard InChI is InChI=1S/C41H67NO15.C5H9N3/c1-11-30(45)54-29-21-32(47)51-24(4)16-14-13-15-17-28(44)23(3)20-27(18-19-43)37(38(29)50-10)57-40-35(48)34(42(8)9)36(25(5)53-40)56-33-22-41(7,49)39(26(6)52-33)55-31(46)12-2;6-3-1-5-2-4-7-8-5/h13-15,17,19,23-29,33-40,44,48-49H,11-12,16,18,20-22H2,1-10H3;2,4H,1,3,6H2,(H,7,8)/b14-13+,17-15+;/t23-,24-,25-,26+,27+,28+,29-,33+,34-,35-,36-,37+,38+,39+,40+,41-;/m1./s1. The van der Waals surface area contributed by atoms with Gasteiger partial charge in [0, 0.05) is 57.5 Å². The average molecular weight is 925 g/mol. The van der Waals surface area contributed by atoms with E-state index in [2.05, 4.69) is 10.2 Å². The molecule has 1 aromatic heterocycles.